The number of carbonyl (C=O) groups excluding carboxylic acids is 4. The number of amides is 2. The van der Waals surface area contributed by atoms with E-state index in [1.807, 2.05) is 13.8 Å². The highest BCUT2D eigenvalue weighted by molar-refractivity contribution is 7.46. The Kier molecular flexibility index (Phi) is 9.12. The van der Waals surface area contributed by atoms with E-state index >= 15 is 0 Å². The Balaban J connectivity index is 1.79. The molecule has 202 valence electrons. The highest BCUT2D eigenvalue weighted by Crippen LogP contribution is 2.37. The second kappa shape index (κ2) is 11.9. The first-order valence-electron chi connectivity index (χ1n) is 11.9. The number of aromatic amines is 1. The lowest BCUT2D eigenvalue weighted by molar-refractivity contribution is -0.142. The van der Waals surface area contributed by atoms with Gasteiger partial charge in [-0.25, -0.2) is 9.36 Å². The molecule has 5 N–H and O–H groups in total. The lowest BCUT2D eigenvalue weighted by atomic mass is 9.90. The number of phosphoric ester groups is 1. The minimum Gasteiger partial charge on any atom is -0.496 e. The zero-order chi connectivity index (χ0) is 27.3. The van der Waals surface area contributed by atoms with Gasteiger partial charge in [-0.1, -0.05) is 19.9 Å². The van der Waals surface area contributed by atoms with Crippen molar-refractivity contribution >= 4 is 42.3 Å². The molecule has 0 aliphatic carbocycles. The van der Waals surface area contributed by atoms with Crippen LogP contribution < -0.4 is 15.4 Å². The van der Waals surface area contributed by atoms with Gasteiger partial charge in [-0.05, 0) is 43.4 Å². The number of hydrogen-bond donors (Lipinski definition) is 5. The lowest BCUT2D eigenvalue weighted by Gasteiger charge is -2.23. The molecule has 1 aliphatic heterocycles. The first-order valence-corrected chi connectivity index (χ1v) is 13.5. The van der Waals surface area contributed by atoms with Crippen LogP contribution in [0.5, 0.6) is 5.75 Å². The molecule has 1 aromatic carbocycles. The predicted molar refractivity (Wildman–Crippen MR) is 133 cm³/mol. The number of aromatic nitrogens is 1. The Bertz CT molecular complexity index is 1220. The average Bonchev–Trinajstić information content (AvgIpc) is 3.42. The van der Waals surface area contributed by atoms with Gasteiger partial charge in [0.2, 0.25) is 11.8 Å². The van der Waals surface area contributed by atoms with E-state index in [2.05, 4.69) is 20.1 Å². The van der Waals surface area contributed by atoms with Gasteiger partial charge in [0, 0.05) is 35.7 Å². The summed E-state index contributed by atoms with van der Waals surface area (Å²) in [6.45, 7) is 4.14. The summed E-state index contributed by atoms with van der Waals surface area (Å²) in [5.41, 5.74) is 0.990. The summed E-state index contributed by atoms with van der Waals surface area (Å²) in [6, 6.07) is 5.52. The minimum atomic E-state index is -5.18. The number of ether oxygens (including phenoxy) is 1. The van der Waals surface area contributed by atoms with E-state index in [4.69, 9.17) is 14.5 Å². The molecule has 2 amide bonds. The van der Waals surface area contributed by atoms with E-state index in [-0.39, 0.29) is 30.4 Å². The highest BCUT2D eigenvalue weighted by Gasteiger charge is 2.36. The molecular weight excluding hydrogens is 505 g/mol. The molecule has 37 heavy (non-hydrogen) atoms. The molecule has 0 unspecified atom stereocenters. The third kappa shape index (κ3) is 7.64. The molecule has 1 aliphatic rings. The van der Waals surface area contributed by atoms with Gasteiger partial charge in [-0.2, -0.15) is 0 Å². The van der Waals surface area contributed by atoms with Crippen molar-refractivity contribution in [1.29, 1.82) is 0 Å². The quantitative estimate of drug-likeness (QED) is 0.200. The Labute approximate surface area is 213 Å². The van der Waals surface area contributed by atoms with Crippen molar-refractivity contribution in [3.05, 3.63) is 30.0 Å². The SMILES string of the molecule is COc1cccc2[nH]c(C(=O)C[C@@H](CC(C)C)C(=O)N[C@@H](C[C@@H]3CCNC3=O)C(=O)OP(=O)(O)O)cc12. The number of methoxy groups -OCH3 is 1. The van der Waals surface area contributed by atoms with Gasteiger partial charge in [0.1, 0.15) is 11.8 Å². The third-order valence-corrected chi connectivity index (χ3v) is 6.61. The normalized spacial score (nSPS) is 17.4. The molecular formula is C24H32N3O9P. The van der Waals surface area contributed by atoms with Crippen molar-refractivity contribution in [3.63, 3.8) is 0 Å². The standard InChI is InChI=1S/C24H32N3O9P/c1-13(2)9-15(11-20(28)18-12-16-17(26-18)5-4-6-21(16)35-3)23(30)27-19(24(31)36-37(32,33)34)10-14-7-8-25-22(14)29/h4-6,12-15,19,26H,7-11H2,1-3H3,(H,25,29)(H,27,30)(H2,32,33,34)/t14-,15+,19-/m0/s1. The minimum absolute atomic E-state index is 0.0208. The van der Waals surface area contributed by atoms with Crippen LogP contribution >= 0.6 is 7.82 Å². The Morgan fingerprint density at radius 1 is 1.24 bits per heavy atom. The second-order valence-electron chi connectivity index (χ2n) is 9.53. The number of hydrogen-bond acceptors (Lipinski definition) is 7. The van der Waals surface area contributed by atoms with E-state index in [0.717, 1.165) is 0 Å². The Morgan fingerprint density at radius 3 is 2.57 bits per heavy atom. The van der Waals surface area contributed by atoms with Crippen LogP contribution in [0.15, 0.2) is 24.3 Å². The van der Waals surface area contributed by atoms with Crippen LogP contribution in [0.2, 0.25) is 0 Å². The van der Waals surface area contributed by atoms with E-state index in [1.165, 1.54) is 7.11 Å². The molecule has 2 heterocycles. The molecule has 0 saturated carbocycles. The first-order chi connectivity index (χ1) is 17.4. The molecule has 0 radical (unpaired) electrons. The number of carbonyl (C=O) groups is 4. The molecule has 0 bridgehead atoms. The zero-order valence-corrected chi connectivity index (χ0v) is 21.7. The number of phosphoric acid groups is 1. The van der Waals surface area contributed by atoms with E-state index in [1.54, 1.807) is 24.3 Å². The van der Waals surface area contributed by atoms with Crippen molar-refractivity contribution in [3.8, 4) is 5.75 Å². The monoisotopic (exact) mass is 537 g/mol. The third-order valence-electron chi connectivity index (χ3n) is 6.20. The smallest absolute Gasteiger partial charge is 0.496 e. The largest absolute Gasteiger partial charge is 0.527 e. The van der Waals surface area contributed by atoms with E-state index in [0.29, 0.717) is 41.7 Å². The number of ketones is 1. The number of nitrogens with one attached hydrogen (secondary N) is 3. The number of fused-ring (bicyclic) bond motifs is 1. The fourth-order valence-corrected chi connectivity index (χ4v) is 4.84. The van der Waals surface area contributed by atoms with Gasteiger partial charge in [-0.3, -0.25) is 24.2 Å². The summed E-state index contributed by atoms with van der Waals surface area (Å²) in [7, 11) is -3.66. The summed E-state index contributed by atoms with van der Waals surface area (Å²) in [5.74, 6) is -3.53. The van der Waals surface area contributed by atoms with Crippen LogP contribution in [-0.2, 0) is 23.5 Å². The summed E-state index contributed by atoms with van der Waals surface area (Å²) in [4.78, 5) is 72.1. The fourth-order valence-electron chi connectivity index (χ4n) is 4.48. The van der Waals surface area contributed by atoms with E-state index < -0.39 is 37.6 Å². The van der Waals surface area contributed by atoms with Crippen molar-refractivity contribution in [1.82, 2.24) is 15.6 Å². The zero-order valence-electron chi connectivity index (χ0n) is 20.9. The Morgan fingerprint density at radius 2 is 1.97 bits per heavy atom. The summed E-state index contributed by atoms with van der Waals surface area (Å²) >= 11 is 0. The number of rotatable bonds is 12. The molecule has 2 aromatic rings. The first kappa shape index (κ1) is 28.4. The molecule has 1 fully saturated rings. The van der Waals surface area contributed by atoms with Crippen LogP contribution in [0.4, 0.5) is 0 Å². The summed E-state index contributed by atoms with van der Waals surface area (Å²) < 4.78 is 20.8. The average molecular weight is 538 g/mol. The maximum absolute atomic E-state index is 13.3. The van der Waals surface area contributed by atoms with Gasteiger partial charge >= 0.3 is 13.8 Å². The lowest BCUT2D eigenvalue weighted by Crippen LogP contribution is -2.46. The molecule has 1 saturated heterocycles. The van der Waals surface area contributed by atoms with Gasteiger partial charge < -0.3 is 24.9 Å². The highest BCUT2D eigenvalue weighted by atomic mass is 31.2. The predicted octanol–water partition coefficient (Wildman–Crippen LogP) is 2.06. The maximum Gasteiger partial charge on any atom is 0.527 e. The van der Waals surface area contributed by atoms with Crippen molar-refractivity contribution in [2.75, 3.05) is 13.7 Å². The molecule has 13 heteroatoms. The topological polar surface area (TPSA) is 184 Å². The summed E-state index contributed by atoms with van der Waals surface area (Å²) in [6.07, 6.45) is 0.335. The maximum atomic E-state index is 13.3. The second-order valence-corrected chi connectivity index (χ2v) is 10.7. The number of H-pyrrole nitrogens is 1. The van der Waals surface area contributed by atoms with Crippen molar-refractivity contribution < 1.29 is 42.8 Å². The number of benzene rings is 1. The Hall–Kier alpha value is -3.21. The fraction of sp³-hybridized carbons (Fsp3) is 0.500. The van der Waals surface area contributed by atoms with Crippen molar-refractivity contribution in [2.45, 2.75) is 45.6 Å². The van der Waals surface area contributed by atoms with Gasteiger partial charge in [0.05, 0.1) is 12.8 Å². The van der Waals surface area contributed by atoms with Gasteiger partial charge in [-0.15, -0.1) is 0 Å². The van der Waals surface area contributed by atoms with Crippen LogP contribution in [0.3, 0.4) is 0 Å². The van der Waals surface area contributed by atoms with Crippen LogP contribution in [-0.4, -0.2) is 58.0 Å². The molecule has 0 spiro atoms. The molecule has 3 atom stereocenters. The van der Waals surface area contributed by atoms with Gasteiger partial charge in [0.15, 0.2) is 5.78 Å². The van der Waals surface area contributed by atoms with Crippen LogP contribution in [0.1, 0.15) is 50.0 Å². The van der Waals surface area contributed by atoms with Gasteiger partial charge in [0.25, 0.3) is 0 Å². The molecule has 1 aromatic heterocycles. The molecule has 3 rings (SSSR count). The number of Topliss-reactive ketones (excluding diaryl/α,β-unsaturated/α-hetero) is 1. The van der Waals surface area contributed by atoms with Crippen LogP contribution in [0.25, 0.3) is 10.9 Å². The van der Waals surface area contributed by atoms with E-state index in [9.17, 15) is 23.7 Å². The van der Waals surface area contributed by atoms with Crippen molar-refractivity contribution in [2.24, 2.45) is 17.8 Å². The van der Waals surface area contributed by atoms with Crippen LogP contribution in [0, 0.1) is 17.8 Å². The molecule has 12 nitrogen and oxygen atoms in total. The summed E-state index contributed by atoms with van der Waals surface area (Å²) in [5, 5.41) is 5.80.